The van der Waals surface area contributed by atoms with E-state index >= 15 is 0 Å². The Morgan fingerprint density at radius 3 is 2.23 bits per heavy atom. The quantitative estimate of drug-likeness (QED) is 0.407. The van der Waals surface area contributed by atoms with E-state index in [0.29, 0.717) is 29.7 Å². The van der Waals surface area contributed by atoms with Crippen LogP contribution in [0, 0.1) is 11.8 Å². The van der Waals surface area contributed by atoms with Crippen molar-refractivity contribution in [2.24, 2.45) is 11.8 Å². The van der Waals surface area contributed by atoms with E-state index in [0.717, 1.165) is 25.4 Å². The molecular formula is C30H47N3O2. The summed E-state index contributed by atoms with van der Waals surface area (Å²) in [6.45, 7) is 1.83. The van der Waals surface area contributed by atoms with Gasteiger partial charge in [0, 0.05) is 31.2 Å². The Bertz CT molecular complexity index is 804. The summed E-state index contributed by atoms with van der Waals surface area (Å²) >= 11 is 0. The second kappa shape index (κ2) is 12.0. The summed E-state index contributed by atoms with van der Waals surface area (Å²) in [6.07, 6.45) is 19.3. The molecule has 194 valence electrons. The predicted octanol–water partition coefficient (Wildman–Crippen LogP) is 6.32. The normalized spacial score (nSPS) is 29.1. The van der Waals surface area contributed by atoms with Crippen LogP contribution >= 0.6 is 0 Å². The largest absolute Gasteiger partial charge is 0.508 e. The first-order chi connectivity index (χ1) is 17.1. The number of phenolic OH excluding ortho intramolecular Hbond substituents is 1. The lowest BCUT2D eigenvalue weighted by Crippen LogP contribution is -2.53. The lowest BCUT2D eigenvalue weighted by atomic mass is 9.83. The molecule has 3 atom stereocenters. The van der Waals surface area contributed by atoms with Gasteiger partial charge in [0.05, 0.1) is 0 Å². The third kappa shape index (κ3) is 6.72. The second-order valence-corrected chi connectivity index (χ2v) is 12.1. The van der Waals surface area contributed by atoms with Gasteiger partial charge in [0.25, 0.3) is 0 Å². The molecule has 2 bridgehead atoms. The molecule has 4 aliphatic rings. The van der Waals surface area contributed by atoms with Crippen molar-refractivity contribution in [1.29, 1.82) is 0 Å². The molecule has 5 rings (SSSR count). The molecule has 2 saturated heterocycles. The summed E-state index contributed by atoms with van der Waals surface area (Å²) in [6, 6.07) is 9.39. The average Bonchev–Trinajstić information content (AvgIpc) is 3.09. The Balaban J connectivity index is 1.19. The van der Waals surface area contributed by atoms with Gasteiger partial charge in [-0.1, -0.05) is 63.5 Å². The number of carbonyl (C=O) groups excluding carboxylic acids is 1. The molecule has 2 saturated carbocycles. The van der Waals surface area contributed by atoms with E-state index in [1.165, 1.54) is 95.5 Å². The van der Waals surface area contributed by atoms with Crippen LogP contribution in [0.25, 0.3) is 0 Å². The zero-order chi connectivity index (χ0) is 24.0. The maximum Gasteiger partial charge on any atom is 0.315 e. The van der Waals surface area contributed by atoms with Gasteiger partial charge in [0.2, 0.25) is 0 Å². The molecule has 2 heterocycles. The minimum absolute atomic E-state index is 0.0541. The predicted molar refractivity (Wildman–Crippen MR) is 142 cm³/mol. The third-order valence-electron chi connectivity index (χ3n) is 9.61. The van der Waals surface area contributed by atoms with Crippen molar-refractivity contribution in [3.63, 3.8) is 0 Å². The molecule has 5 heteroatoms. The van der Waals surface area contributed by atoms with Crippen LogP contribution < -0.4 is 10.6 Å². The zero-order valence-electron chi connectivity index (χ0n) is 21.6. The Morgan fingerprint density at radius 1 is 0.914 bits per heavy atom. The van der Waals surface area contributed by atoms with E-state index in [1.807, 2.05) is 12.1 Å². The van der Waals surface area contributed by atoms with Gasteiger partial charge in [-0.3, -0.25) is 4.90 Å². The van der Waals surface area contributed by atoms with E-state index in [9.17, 15) is 9.90 Å². The molecule has 2 aliphatic heterocycles. The van der Waals surface area contributed by atoms with Crippen LogP contribution in [0.4, 0.5) is 4.79 Å². The van der Waals surface area contributed by atoms with Crippen molar-refractivity contribution in [3.05, 3.63) is 29.8 Å². The number of benzene rings is 1. The highest BCUT2D eigenvalue weighted by Gasteiger charge is 2.42. The Labute approximate surface area is 212 Å². The first-order valence-electron chi connectivity index (χ1n) is 14.7. The fraction of sp³-hybridized carbons (Fsp3) is 0.767. The van der Waals surface area contributed by atoms with Crippen molar-refractivity contribution in [1.82, 2.24) is 15.5 Å². The number of fused-ring (bicyclic) bond motifs is 2. The Hall–Kier alpha value is -1.75. The number of urea groups is 1. The van der Waals surface area contributed by atoms with Gasteiger partial charge in [-0.2, -0.15) is 0 Å². The molecule has 4 fully saturated rings. The topological polar surface area (TPSA) is 64.6 Å². The van der Waals surface area contributed by atoms with Crippen molar-refractivity contribution >= 4 is 6.03 Å². The molecule has 1 aromatic rings. The molecule has 0 radical (unpaired) electrons. The third-order valence-corrected chi connectivity index (χ3v) is 9.61. The van der Waals surface area contributed by atoms with Gasteiger partial charge >= 0.3 is 6.03 Å². The summed E-state index contributed by atoms with van der Waals surface area (Å²) in [5.74, 6) is 2.35. The number of rotatable bonds is 8. The summed E-state index contributed by atoms with van der Waals surface area (Å²) in [5.41, 5.74) is 1.29. The van der Waals surface area contributed by atoms with Crippen LogP contribution in [0.1, 0.15) is 108 Å². The smallest absolute Gasteiger partial charge is 0.315 e. The summed E-state index contributed by atoms with van der Waals surface area (Å²) in [5, 5.41) is 16.7. The Morgan fingerprint density at radius 2 is 1.57 bits per heavy atom. The number of hydrogen-bond donors (Lipinski definition) is 3. The van der Waals surface area contributed by atoms with Crippen molar-refractivity contribution in [2.45, 2.75) is 120 Å². The van der Waals surface area contributed by atoms with Crippen molar-refractivity contribution in [2.75, 3.05) is 13.1 Å². The van der Waals surface area contributed by atoms with Crippen LogP contribution in [0.5, 0.6) is 5.75 Å². The van der Waals surface area contributed by atoms with Gasteiger partial charge in [-0.05, 0) is 80.4 Å². The number of hydrogen-bond acceptors (Lipinski definition) is 3. The van der Waals surface area contributed by atoms with E-state index in [2.05, 4.69) is 21.6 Å². The molecule has 0 aromatic heterocycles. The number of phenols is 1. The van der Waals surface area contributed by atoms with Gasteiger partial charge in [0.1, 0.15) is 5.75 Å². The molecule has 2 amide bonds. The zero-order valence-corrected chi connectivity index (χ0v) is 21.6. The van der Waals surface area contributed by atoms with Crippen LogP contribution in [0.2, 0.25) is 0 Å². The van der Waals surface area contributed by atoms with Crippen LogP contribution in [0.15, 0.2) is 24.3 Å². The van der Waals surface area contributed by atoms with Crippen LogP contribution in [-0.2, 0) is 0 Å². The Kier molecular flexibility index (Phi) is 8.54. The lowest BCUT2D eigenvalue weighted by Gasteiger charge is -2.41. The van der Waals surface area contributed by atoms with E-state index in [1.54, 1.807) is 6.07 Å². The number of nitrogens with one attached hydrogen (secondary N) is 2. The summed E-state index contributed by atoms with van der Waals surface area (Å²) < 4.78 is 0. The van der Waals surface area contributed by atoms with Gasteiger partial charge in [-0.25, -0.2) is 4.79 Å². The number of carbonyl (C=O) groups is 1. The number of nitrogens with zero attached hydrogens (tertiary/aromatic N) is 1. The lowest BCUT2D eigenvalue weighted by molar-refractivity contribution is 0.107. The highest BCUT2D eigenvalue weighted by molar-refractivity contribution is 5.74. The first kappa shape index (κ1) is 24.9. The maximum atomic E-state index is 13.0. The monoisotopic (exact) mass is 481 g/mol. The van der Waals surface area contributed by atoms with Gasteiger partial charge in [-0.15, -0.1) is 0 Å². The summed E-state index contributed by atoms with van der Waals surface area (Å²) in [7, 11) is 0. The number of piperidine rings is 1. The minimum Gasteiger partial charge on any atom is -0.508 e. The molecule has 1 unspecified atom stereocenters. The highest BCUT2D eigenvalue weighted by Crippen LogP contribution is 2.43. The van der Waals surface area contributed by atoms with Crippen molar-refractivity contribution in [3.8, 4) is 5.75 Å². The molecule has 1 aromatic carbocycles. The van der Waals surface area contributed by atoms with Crippen molar-refractivity contribution < 1.29 is 9.90 Å². The highest BCUT2D eigenvalue weighted by atomic mass is 16.3. The first-order valence-corrected chi connectivity index (χ1v) is 14.7. The number of aromatic hydroxyl groups is 1. The standard InChI is InChI=1S/C30H47N3O2/c34-29-13-7-12-24(19-29)25-17-27-14-15-28(18-25)33(27)21-26(16-22-8-3-1-4-9-22)32-30(35)31-20-23-10-5-2-6-11-23/h7,12-13,19,22-23,25-28,34H,1-6,8-11,14-18,20-21H2,(H2,31,32,35)/t26?,27-,28-/m1/s1. The molecular weight excluding hydrogens is 434 g/mol. The molecule has 2 aliphatic carbocycles. The van der Waals surface area contributed by atoms with Gasteiger partial charge in [0.15, 0.2) is 0 Å². The average molecular weight is 482 g/mol. The van der Waals surface area contributed by atoms with E-state index in [4.69, 9.17) is 0 Å². The van der Waals surface area contributed by atoms with Gasteiger partial charge < -0.3 is 15.7 Å². The summed E-state index contributed by atoms with van der Waals surface area (Å²) in [4.78, 5) is 15.7. The van der Waals surface area contributed by atoms with E-state index in [-0.39, 0.29) is 12.1 Å². The van der Waals surface area contributed by atoms with E-state index < -0.39 is 0 Å². The SMILES string of the molecule is O=C(NCC1CCCCC1)NC(CC1CCCCC1)CN1[C@@H]2CC[C@@H]1CC(c1cccc(O)c1)C2. The van der Waals surface area contributed by atoms with Crippen LogP contribution in [0.3, 0.4) is 0 Å². The minimum atomic E-state index is 0.0541. The fourth-order valence-corrected chi connectivity index (χ4v) is 7.75. The molecule has 5 nitrogen and oxygen atoms in total. The number of amides is 2. The fourth-order valence-electron chi connectivity index (χ4n) is 7.75. The second-order valence-electron chi connectivity index (χ2n) is 12.1. The molecule has 35 heavy (non-hydrogen) atoms. The molecule has 3 N–H and O–H groups in total. The van der Waals surface area contributed by atoms with Crippen LogP contribution in [-0.4, -0.2) is 47.3 Å². The molecule has 0 spiro atoms. The maximum absolute atomic E-state index is 13.0.